The lowest BCUT2D eigenvalue weighted by atomic mass is 10.5. The summed E-state index contributed by atoms with van der Waals surface area (Å²) in [5.41, 5.74) is 0.899. The minimum Gasteiger partial charge on any atom is -0.394 e. The molecule has 1 aromatic rings. The van der Waals surface area contributed by atoms with Crippen LogP contribution < -0.4 is 0 Å². The fraction of sp³-hybridized carbons (Fsp3) is 0.500. The molecule has 0 aliphatic heterocycles. The van der Waals surface area contributed by atoms with Gasteiger partial charge in [0.25, 0.3) is 0 Å². The molecular formula is C6H9ClN2O. The Bertz CT molecular complexity index is 222. The van der Waals surface area contributed by atoms with Crippen molar-refractivity contribution in [3.05, 3.63) is 16.9 Å². The quantitative estimate of drug-likeness (QED) is 0.696. The highest BCUT2D eigenvalue weighted by atomic mass is 35.5. The van der Waals surface area contributed by atoms with E-state index in [0.29, 0.717) is 11.6 Å². The van der Waals surface area contributed by atoms with E-state index in [1.54, 1.807) is 10.9 Å². The summed E-state index contributed by atoms with van der Waals surface area (Å²) in [5, 5.41) is 13.1. The number of hydrogen-bond acceptors (Lipinski definition) is 2. The van der Waals surface area contributed by atoms with Crippen LogP contribution in [0, 0.1) is 6.92 Å². The van der Waals surface area contributed by atoms with Gasteiger partial charge in [0.2, 0.25) is 0 Å². The van der Waals surface area contributed by atoms with Crippen LogP contribution in [0.2, 0.25) is 5.02 Å². The van der Waals surface area contributed by atoms with E-state index in [4.69, 9.17) is 16.7 Å². The molecule has 0 aromatic carbocycles. The Morgan fingerprint density at radius 1 is 1.80 bits per heavy atom. The van der Waals surface area contributed by atoms with E-state index in [1.165, 1.54) is 0 Å². The second-order valence-electron chi connectivity index (χ2n) is 2.02. The fourth-order valence-corrected chi connectivity index (χ4v) is 0.885. The summed E-state index contributed by atoms with van der Waals surface area (Å²) in [4.78, 5) is 0. The van der Waals surface area contributed by atoms with Crippen LogP contribution in [0.3, 0.4) is 0 Å². The molecule has 0 aliphatic carbocycles. The molecule has 0 unspecified atom stereocenters. The van der Waals surface area contributed by atoms with Crippen molar-refractivity contribution < 1.29 is 5.11 Å². The molecule has 0 atom stereocenters. The van der Waals surface area contributed by atoms with Crippen LogP contribution in [0.5, 0.6) is 0 Å². The van der Waals surface area contributed by atoms with E-state index < -0.39 is 0 Å². The smallest absolute Gasteiger partial charge is 0.0814 e. The van der Waals surface area contributed by atoms with E-state index in [0.717, 1.165) is 5.69 Å². The normalized spacial score (nSPS) is 10.3. The van der Waals surface area contributed by atoms with Gasteiger partial charge in [-0.3, -0.25) is 4.68 Å². The highest BCUT2D eigenvalue weighted by Gasteiger charge is 2.01. The van der Waals surface area contributed by atoms with Crippen LogP contribution in [0.4, 0.5) is 0 Å². The average Bonchev–Trinajstić information content (AvgIpc) is 2.20. The van der Waals surface area contributed by atoms with Gasteiger partial charge in [0.1, 0.15) is 0 Å². The zero-order valence-electron chi connectivity index (χ0n) is 5.71. The van der Waals surface area contributed by atoms with E-state index in [1.807, 2.05) is 6.92 Å². The Kier molecular flexibility index (Phi) is 2.29. The monoisotopic (exact) mass is 160 g/mol. The molecule has 1 N–H and O–H groups in total. The lowest BCUT2D eigenvalue weighted by Gasteiger charge is -1.99. The number of aliphatic hydroxyl groups is 1. The van der Waals surface area contributed by atoms with Crippen LogP contribution >= 0.6 is 11.6 Å². The third kappa shape index (κ3) is 1.30. The lowest BCUT2D eigenvalue weighted by Crippen LogP contribution is -2.05. The first-order chi connectivity index (χ1) is 4.75. The summed E-state index contributed by atoms with van der Waals surface area (Å²) in [6, 6.07) is 0. The summed E-state index contributed by atoms with van der Waals surface area (Å²) in [5.74, 6) is 0. The van der Waals surface area contributed by atoms with Gasteiger partial charge in [-0.25, -0.2) is 0 Å². The molecule has 0 amide bonds. The zero-order valence-corrected chi connectivity index (χ0v) is 6.47. The minimum absolute atomic E-state index is 0.0961. The lowest BCUT2D eigenvalue weighted by molar-refractivity contribution is 0.268. The van der Waals surface area contributed by atoms with Crippen molar-refractivity contribution in [2.75, 3.05) is 6.61 Å². The van der Waals surface area contributed by atoms with Gasteiger partial charge in [-0.05, 0) is 6.92 Å². The number of aliphatic hydroxyl groups excluding tert-OH is 1. The van der Waals surface area contributed by atoms with Crippen LogP contribution in [-0.4, -0.2) is 21.5 Å². The fourth-order valence-electron chi connectivity index (χ4n) is 0.744. The molecule has 0 aliphatic rings. The Labute approximate surface area is 64.2 Å². The molecule has 0 bridgehead atoms. The van der Waals surface area contributed by atoms with Crippen molar-refractivity contribution in [1.82, 2.24) is 9.78 Å². The molecule has 1 rings (SSSR count). The first kappa shape index (κ1) is 7.57. The topological polar surface area (TPSA) is 38.0 Å². The zero-order chi connectivity index (χ0) is 7.56. The third-order valence-corrected chi connectivity index (χ3v) is 1.73. The first-order valence-corrected chi connectivity index (χ1v) is 3.42. The van der Waals surface area contributed by atoms with Crippen molar-refractivity contribution in [2.45, 2.75) is 13.5 Å². The first-order valence-electron chi connectivity index (χ1n) is 3.04. The molecule has 4 heteroatoms. The van der Waals surface area contributed by atoms with Gasteiger partial charge in [0.05, 0.1) is 30.1 Å². The van der Waals surface area contributed by atoms with E-state index in [9.17, 15) is 0 Å². The second-order valence-corrected chi connectivity index (χ2v) is 2.43. The molecule has 0 radical (unpaired) electrons. The van der Waals surface area contributed by atoms with Gasteiger partial charge in [0, 0.05) is 0 Å². The SMILES string of the molecule is Cc1c(Cl)cnn1CCO. The summed E-state index contributed by atoms with van der Waals surface area (Å²) >= 11 is 5.70. The number of nitrogens with zero attached hydrogens (tertiary/aromatic N) is 2. The third-order valence-electron chi connectivity index (χ3n) is 1.36. The molecule has 0 saturated heterocycles. The number of hydrogen-bond donors (Lipinski definition) is 1. The Balaban J connectivity index is 2.83. The molecule has 10 heavy (non-hydrogen) atoms. The maximum atomic E-state index is 8.55. The van der Waals surface area contributed by atoms with Gasteiger partial charge in [0.15, 0.2) is 0 Å². The van der Waals surface area contributed by atoms with Gasteiger partial charge >= 0.3 is 0 Å². The van der Waals surface area contributed by atoms with Gasteiger partial charge in [-0.1, -0.05) is 11.6 Å². The predicted molar refractivity (Wildman–Crippen MR) is 39.1 cm³/mol. The molecule has 0 saturated carbocycles. The molecule has 1 heterocycles. The Hall–Kier alpha value is -0.540. The van der Waals surface area contributed by atoms with E-state index in [-0.39, 0.29) is 6.61 Å². The van der Waals surface area contributed by atoms with Crippen molar-refractivity contribution in [1.29, 1.82) is 0 Å². The Morgan fingerprint density at radius 3 is 2.90 bits per heavy atom. The van der Waals surface area contributed by atoms with Crippen LogP contribution in [0.1, 0.15) is 5.69 Å². The second kappa shape index (κ2) is 3.03. The highest BCUT2D eigenvalue weighted by molar-refractivity contribution is 6.31. The van der Waals surface area contributed by atoms with Gasteiger partial charge < -0.3 is 5.11 Å². The van der Waals surface area contributed by atoms with Crippen molar-refractivity contribution in [2.24, 2.45) is 0 Å². The summed E-state index contributed by atoms with van der Waals surface area (Å²) in [7, 11) is 0. The number of halogens is 1. The van der Waals surface area contributed by atoms with Crippen LogP contribution in [-0.2, 0) is 6.54 Å². The molecular weight excluding hydrogens is 152 g/mol. The maximum Gasteiger partial charge on any atom is 0.0814 e. The van der Waals surface area contributed by atoms with Gasteiger partial charge in [-0.2, -0.15) is 5.10 Å². The van der Waals surface area contributed by atoms with Gasteiger partial charge in [-0.15, -0.1) is 0 Å². The molecule has 0 fully saturated rings. The van der Waals surface area contributed by atoms with Crippen LogP contribution in [0.25, 0.3) is 0 Å². The Morgan fingerprint density at radius 2 is 2.50 bits per heavy atom. The number of rotatable bonds is 2. The summed E-state index contributed by atoms with van der Waals surface area (Å²) in [6.45, 7) is 2.47. The maximum absolute atomic E-state index is 8.55. The highest BCUT2D eigenvalue weighted by Crippen LogP contribution is 2.12. The largest absolute Gasteiger partial charge is 0.394 e. The molecule has 0 spiro atoms. The van der Waals surface area contributed by atoms with Crippen molar-refractivity contribution in [3.8, 4) is 0 Å². The standard InChI is InChI=1S/C6H9ClN2O/c1-5-6(7)4-8-9(5)2-3-10/h4,10H,2-3H2,1H3. The molecule has 3 nitrogen and oxygen atoms in total. The average molecular weight is 161 g/mol. The molecule has 1 aromatic heterocycles. The van der Waals surface area contributed by atoms with E-state index >= 15 is 0 Å². The van der Waals surface area contributed by atoms with Crippen molar-refractivity contribution >= 4 is 11.6 Å². The van der Waals surface area contributed by atoms with Crippen LogP contribution in [0.15, 0.2) is 6.20 Å². The summed E-state index contributed by atoms with van der Waals surface area (Å²) in [6.07, 6.45) is 1.58. The molecule has 56 valence electrons. The minimum atomic E-state index is 0.0961. The van der Waals surface area contributed by atoms with E-state index in [2.05, 4.69) is 5.10 Å². The predicted octanol–water partition coefficient (Wildman–Crippen LogP) is 0.837. The summed E-state index contributed by atoms with van der Waals surface area (Å²) < 4.78 is 1.67. The van der Waals surface area contributed by atoms with Crippen molar-refractivity contribution in [3.63, 3.8) is 0 Å². The number of aromatic nitrogens is 2.